The molecule has 24 heavy (non-hydrogen) atoms. The van der Waals surface area contributed by atoms with Crippen LogP contribution in [0.2, 0.25) is 0 Å². The Labute approximate surface area is 141 Å². The Morgan fingerprint density at radius 2 is 1.79 bits per heavy atom. The number of anilines is 1. The fourth-order valence-electron chi connectivity index (χ4n) is 1.94. The Balaban J connectivity index is 1.83. The quantitative estimate of drug-likeness (QED) is 0.760. The molecule has 0 aliphatic heterocycles. The number of benzene rings is 1. The Bertz CT molecular complexity index is 671. The van der Waals surface area contributed by atoms with Gasteiger partial charge in [-0.25, -0.2) is 0 Å². The van der Waals surface area contributed by atoms with Crippen LogP contribution in [0.3, 0.4) is 0 Å². The van der Waals surface area contributed by atoms with E-state index in [1.165, 1.54) is 0 Å². The van der Waals surface area contributed by atoms with Crippen LogP contribution in [-0.2, 0) is 11.3 Å². The Morgan fingerprint density at radius 1 is 1.08 bits per heavy atom. The minimum atomic E-state index is -0.196. The maximum absolute atomic E-state index is 12.0. The van der Waals surface area contributed by atoms with Crippen LogP contribution < -0.4 is 16.0 Å². The lowest BCUT2D eigenvalue weighted by Gasteiger charge is -2.20. The number of furan rings is 1. The molecule has 0 fully saturated rings. The lowest BCUT2D eigenvalue weighted by Crippen LogP contribution is -2.41. The van der Waals surface area contributed by atoms with E-state index in [1.807, 2.05) is 20.8 Å². The summed E-state index contributed by atoms with van der Waals surface area (Å²) >= 11 is 0. The van der Waals surface area contributed by atoms with Crippen molar-refractivity contribution in [2.45, 2.75) is 32.9 Å². The summed E-state index contributed by atoms with van der Waals surface area (Å²) in [6.45, 7) is 6.56. The zero-order valence-electron chi connectivity index (χ0n) is 14.2. The molecular formula is C18H23N3O3. The first kappa shape index (κ1) is 17.7. The summed E-state index contributed by atoms with van der Waals surface area (Å²) in [5, 5.41) is 8.67. The van der Waals surface area contributed by atoms with Gasteiger partial charge < -0.3 is 20.4 Å². The van der Waals surface area contributed by atoms with E-state index in [0.717, 1.165) is 0 Å². The smallest absolute Gasteiger partial charge is 0.251 e. The van der Waals surface area contributed by atoms with Crippen LogP contribution in [0.5, 0.6) is 0 Å². The number of nitrogens with one attached hydrogen (secondary N) is 3. The van der Waals surface area contributed by atoms with Crippen molar-refractivity contribution in [1.29, 1.82) is 0 Å². The van der Waals surface area contributed by atoms with Gasteiger partial charge in [-0.15, -0.1) is 0 Å². The molecule has 1 aromatic carbocycles. The molecule has 0 radical (unpaired) electrons. The van der Waals surface area contributed by atoms with Crippen LogP contribution in [-0.4, -0.2) is 23.9 Å². The summed E-state index contributed by atoms with van der Waals surface area (Å²) in [6, 6.07) is 10.3. The van der Waals surface area contributed by atoms with E-state index in [0.29, 0.717) is 23.6 Å². The third-order valence-corrected chi connectivity index (χ3v) is 3.21. The van der Waals surface area contributed by atoms with Crippen molar-refractivity contribution in [2.75, 3.05) is 11.9 Å². The molecule has 1 aromatic heterocycles. The predicted molar refractivity (Wildman–Crippen MR) is 92.7 cm³/mol. The zero-order valence-corrected chi connectivity index (χ0v) is 14.2. The molecule has 6 nitrogen and oxygen atoms in total. The van der Waals surface area contributed by atoms with Gasteiger partial charge in [0.25, 0.3) is 5.91 Å². The standard InChI is InChI=1S/C18H23N3O3/c1-18(2,3)20-12-16(22)21-14-8-6-13(7-9-14)17(23)19-11-15-5-4-10-24-15/h4-10,20H,11-12H2,1-3H3,(H,19,23)(H,21,22). The number of rotatable bonds is 6. The number of amides is 2. The number of hydrogen-bond acceptors (Lipinski definition) is 4. The van der Waals surface area contributed by atoms with Crippen LogP contribution in [0, 0.1) is 0 Å². The fourth-order valence-corrected chi connectivity index (χ4v) is 1.94. The van der Waals surface area contributed by atoms with Gasteiger partial charge in [-0.2, -0.15) is 0 Å². The summed E-state index contributed by atoms with van der Waals surface area (Å²) in [7, 11) is 0. The highest BCUT2D eigenvalue weighted by Gasteiger charge is 2.12. The molecule has 2 rings (SSSR count). The van der Waals surface area contributed by atoms with Crippen molar-refractivity contribution in [1.82, 2.24) is 10.6 Å². The van der Waals surface area contributed by atoms with E-state index in [4.69, 9.17) is 4.42 Å². The van der Waals surface area contributed by atoms with Gasteiger partial charge in [-0.05, 0) is 57.2 Å². The van der Waals surface area contributed by atoms with Crippen LogP contribution in [0.25, 0.3) is 0 Å². The topological polar surface area (TPSA) is 83.4 Å². The number of hydrogen-bond donors (Lipinski definition) is 3. The van der Waals surface area contributed by atoms with Crippen LogP contribution >= 0.6 is 0 Å². The van der Waals surface area contributed by atoms with Crippen molar-refractivity contribution in [3.05, 3.63) is 54.0 Å². The molecule has 0 aliphatic carbocycles. The fraction of sp³-hybridized carbons (Fsp3) is 0.333. The van der Waals surface area contributed by atoms with Gasteiger partial charge in [-0.3, -0.25) is 9.59 Å². The van der Waals surface area contributed by atoms with Crippen molar-refractivity contribution in [2.24, 2.45) is 0 Å². The van der Waals surface area contributed by atoms with Crippen molar-refractivity contribution < 1.29 is 14.0 Å². The average molecular weight is 329 g/mol. The Hall–Kier alpha value is -2.60. The Morgan fingerprint density at radius 3 is 2.38 bits per heavy atom. The van der Waals surface area contributed by atoms with Gasteiger partial charge in [0.15, 0.2) is 0 Å². The molecule has 2 amide bonds. The molecule has 0 spiro atoms. The van der Waals surface area contributed by atoms with Crippen molar-refractivity contribution in [3.63, 3.8) is 0 Å². The second kappa shape index (κ2) is 7.79. The predicted octanol–water partition coefficient (Wildman–Crippen LogP) is 2.54. The summed E-state index contributed by atoms with van der Waals surface area (Å²) in [5.41, 5.74) is 1.05. The molecule has 0 unspecified atom stereocenters. The van der Waals surface area contributed by atoms with Gasteiger partial charge in [0, 0.05) is 16.8 Å². The van der Waals surface area contributed by atoms with E-state index >= 15 is 0 Å². The Kier molecular flexibility index (Phi) is 5.76. The summed E-state index contributed by atoms with van der Waals surface area (Å²) in [6.07, 6.45) is 1.56. The monoisotopic (exact) mass is 329 g/mol. The third kappa shape index (κ3) is 5.89. The number of carbonyl (C=O) groups excluding carboxylic acids is 2. The second-order valence-electron chi connectivity index (χ2n) is 6.49. The van der Waals surface area contributed by atoms with Gasteiger partial charge in [0.1, 0.15) is 5.76 Å². The molecule has 2 aromatic rings. The maximum atomic E-state index is 12.0. The minimum Gasteiger partial charge on any atom is -0.467 e. The SMILES string of the molecule is CC(C)(C)NCC(=O)Nc1ccc(C(=O)NCc2ccco2)cc1. The summed E-state index contributed by atoms with van der Waals surface area (Å²) < 4.78 is 5.16. The van der Waals surface area contributed by atoms with Gasteiger partial charge >= 0.3 is 0 Å². The largest absolute Gasteiger partial charge is 0.467 e. The van der Waals surface area contributed by atoms with Gasteiger partial charge in [-0.1, -0.05) is 0 Å². The van der Waals surface area contributed by atoms with Gasteiger partial charge in [0.05, 0.1) is 19.4 Å². The molecule has 1 heterocycles. The van der Waals surface area contributed by atoms with E-state index in [-0.39, 0.29) is 23.9 Å². The molecule has 3 N–H and O–H groups in total. The second-order valence-corrected chi connectivity index (χ2v) is 6.49. The normalized spacial score (nSPS) is 11.1. The first-order chi connectivity index (χ1) is 11.3. The molecule has 0 aliphatic rings. The van der Waals surface area contributed by atoms with Crippen molar-refractivity contribution in [3.8, 4) is 0 Å². The first-order valence-electron chi connectivity index (χ1n) is 7.79. The molecule has 6 heteroatoms. The molecule has 128 valence electrons. The first-order valence-corrected chi connectivity index (χ1v) is 7.79. The van der Waals surface area contributed by atoms with Crippen molar-refractivity contribution >= 4 is 17.5 Å². The zero-order chi connectivity index (χ0) is 17.6. The molecule has 0 bridgehead atoms. The molecular weight excluding hydrogens is 306 g/mol. The van der Waals surface area contributed by atoms with Gasteiger partial charge in [0.2, 0.25) is 5.91 Å². The number of carbonyl (C=O) groups is 2. The third-order valence-electron chi connectivity index (χ3n) is 3.21. The van der Waals surface area contributed by atoms with E-state index in [1.54, 1.807) is 42.7 Å². The van der Waals surface area contributed by atoms with Crippen LogP contribution in [0.1, 0.15) is 36.9 Å². The highest BCUT2D eigenvalue weighted by molar-refractivity contribution is 5.96. The molecule has 0 saturated heterocycles. The highest BCUT2D eigenvalue weighted by Crippen LogP contribution is 2.10. The van der Waals surface area contributed by atoms with E-state index in [9.17, 15) is 9.59 Å². The van der Waals surface area contributed by atoms with E-state index < -0.39 is 0 Å². The van der Waals surface area contributed by atoms with E-state index in [2.05, 4.69) is 16.0 Å². The highest BCUT2D eigenvalue weighted by atomic mass is 16.3. The van der Waals surface area contributed by atoms with Crippen LogP contribution in [0.4, 0.5) is 5.69 Å². The minimum absolute atomic E-state index is 0.118. The van der Waals surface area contributed by atoms with Crippen LogP contribution in [0.15, 0.2) is 47.1 Å². The average Bonchev–Trinajstić information content (AvgIpc) is 3.04. The summed E-state index contributed by atoms with van der Waals surface area (Å²) in [5.74, 6) is 0.372. The maximum Gasteiger partial charge on any atom is 0.251 e. The molecule has 0 atom stereocenters. The summed E-state index contributed by atoms with van der Waals surface area (Å²) in [4.78, 5) is 23.9. The lowest BCUT2D eigenvalue weighted by atomic mass is 10.1. The lowest BCUT2D eigenvalue weighted by molar-refractivity contribution is -0.115. The molecule has 0 saturated carbocycles.